The van der Waals surface area contributed by atoms with E-state index in [9.17, 15) is 25.0 Å². The van der Waals surface area contributed by atoms with Crippen LogP contribution in [0.2, 0.25) is 0 Å². The lowest BCUT2D eigenvalue weighted by Gasteiger charge is -2.18. The highest BCUT2D eigenvalue weighted by Gasteiger charge is 2.21. The van der Waals surface area contributed by atoms with Crippen LogP contribution in [0.3, 0.4) is 0 Å². The Morgan fingerprint density at radius 1 is 1.09 bits per heavy atom. The number of carbonyl (C=O) groups is 1. The van der Waals surface area contributed by atoms with E-state index in [0.29, 0.717) is 36.1 Å². The summed E-state index contributed by atoms with van der Waals surface area (Å²) in [6, 6.07) is 6.44. The van der Waals surface area contributed by atoms with E-state index in [-0.39, 0.29) is 5.56 Å². The number of hydrogen-bond donors (Lipinski definition) is 0. The normalized spacial score (nSPS) is 13.3. The first-order valence-corrected chi connectivity index (χ1v) is 11.5. The molecule has 2 aromatic carbocycles. The molecular weight excluding hydrogens is 460 g/mol. The minimum absolute atomic E-state index is 0.231. The lowest BCUT2D eigenvalue weighted by atomic mass is 10.1. The monoisotopic (exact) mass is 476 g/mol. The summed E-state index contributed by atoms with van der Waals surface area (Å²) in [6.45, 7) is 1.44. The predicted molar refractivity (Wildman–Crippen MR) is 119 cm³/mol. The fraction of sp³-hybridized carbons (Fsp3) is 0.263. The van der Waals surface area contributed by atoms with Crippen molar-refractivity contribution >= 4 is 50.6 Å². The number of rotatable bonds is 6. The van der Waals surface area contributed by atoms with E-state index in [2.05, 4.69) is 4.99 Å². The summed E-state index contributed by atoms with van der Waals surface area (Å²) in [7, 11) is 0. The maximum atomic E-state index is 12.8. The number of non-ortho nitro benzene ring substituents is 2. The number of nitro groups is 2. The Kier molecular flexibility index (Phi) is 6.10. The fourth-order valence-electron chi connectivity index (χ4n) is 3.17. The van der Waals surface area contributed by atoms with Crippen LogP contribution in [-0.4, -0.2) is 45.5 Å². The van der Waals surface area contributed by atoms with Gasteiger partial charge in [-0.05, 0) is 6.26 Å². The molecule has 0 fully saturated rings. The number of nitrogens with zero attached hydrogens (tertiary/aromatic N) is 4. The lowest BCUT2D eigenvalue weighted by Crippen LogP contribution is -2.19. The first kappa shape index (κ1) is 21.8. The number of fused-ring (bicyclic) bond motifs is 2. The van der Waals surface area contributed by atoms with Crippen LogP contribution in [-0.2, 0) is 6.54 Å². The molecule has 0 radical (unpaired) electrons. The molecule has 0 saturated heterocycles. The quantitative estimate of drug-likeness (QED) is 0.390. The number of benzene rings is 2. The summed E-state index contributed by atoms with van der Waals surface area (Å²) in [4.78, 5) is 38.1. The van der Waals surface area contributed by atoms with Gasteiger partial charge in [-0.2, -0.15) is 16.8 Å². The molecule has 13 heteroatoms. The number of thiazole rings is 1. The van der Waals surface area contributed by atoms with Gasteiger partial charge in [-0.3, -0.25) is 25.0 Å². The van der Waals surface area contributed by atoms with Gasteiger partial charge in [-0.15, -0.1) is 0 Å². The van der Waals surface area contributed by atoms with E-state index in [1.54, 1.807) is 11.8 Å². The maximum absolute atomic E-state index is 12.8. The van der Waals surface area contributed by atoms with Gasteiger partial charge >= 0.3 is 0 Å². The topological polar surface area (TPSA) is 139 Å². The molecule has 4 rings (SSSR count). The summed E-state index contributed by atoms with van der Waals surface area (Å²) in [5, 5.41) is 22.3. The Morgan fingerprint density at radius 2 is 1.72 bits per heavy atom. The Hall–Kier alpha value is -3.45. The van der Waals surface area contributed by atoms with Gasteiger partial charge in [0.1, 0.15) is 13.2 Å². The number of carbonyl (C=O) groups excluding carboxylic acids is 1. The summed E-state index contributed by atoms with van der Waals surface area (Å²) in [5.74, 6) is 1.16. The number of hydrogen-bond acceptors (Lipinski definition) is 9. The first-order valence-electron chi connectivity index (χ1n) is 9.32. The van der Waals surface area contributed by atoms with Crippen molar-refractivity contribution in [3.05, 3.63) is 60.9 Å². The molecule has 1 aliphatic rings. The van der Waals surface area contributed by atoms with Gasteiger partial charge in [-0.1, -0.05) is 11.3 Å². The van der Waals surface area contributed by atoms with Crippen molar-refractivity contribution in [3.63, 3.8) is 0 Å². The predicted octanol–water partition coefficient (Wildman–Crippen LogP) is 3.39. The Labute approximate surface area is 188 Å². The molecule has 3 aromatic rings. The van der Waals surface area contributed by atoms with Gasteiger partial charge in [0.15, 0.2) is 16.3 Å². The second-order valence-corrected chi connectivity index (χ2v) is 8.66. The standard InChI is InChI=1S/C19H16N4O7S2/c1-31-5-2-21-14-9-15-16(30-4-3-29-15)10-17(14)32-19(21)20-18(24)11-6-12(22(25)26)8-13(7-11)23(27)28/h6-10H,2-5H2,1H3. The second-order valence-electron chi connectivity index (χ2n) is 6.66. The number of ether oxygens (including phenoxy) is 2. The average Bonchev–Trinajstić information content (AvgIpc) is 3.11. The summed E-state index contributed by atoms with van der Waals surface area (Å²) >= 11 is 2.88. The third-order valence-electron chi connectivity index (χ3n) is 4.63. The van der Waals surface area contributed by atoms with Crippen molar-refractivity contribution in [2.24, 2.45) is 4.99 Å². The van der Waals surface area contributed by atoms with E-state index in [1.165, 1.54) is 11.3 Å². The molecule has 2 heterocycles. The number of thioether (sulfide) groups is 1. The summed E-state index contributed by atoms with van der Waals surface area (Å²) in [5.41, 5.74) is -0.520. The van der Waals surface area contributed by atoms with Crippen molar-refractivity contribution in [1.29, 1.82) is 0 Å². The zero-order valence-corrected chi connectivity index (χ0v) is 18.3. The minimum atomic E-state index is -0.807. The number of aryl methyl sites for hydroxylation is 1. The Morgan fingerprint density at radius 3 is 2.31 bits per heavy atom. The molecule has 0 bridgehead atoms. The van der Waals surface area contributed by atoms with Crippen molar-refractivity contribution in [1.82, 2.24) is 4.57 Å². The van der Waals surface area contributed by atoms with Crippen LogP contribution in [0.4, 0.5) is 11.4 Å². The molecule has 0 N–H and O–H groups in total. The Balaban J connectivity index is 1.84. The minimum Gasteiger partial charge on any atom is -0.486 e. The highest BCUT2D eigenvalue weighted by molar-refractivity contribution is 7.98. The molecule has 0 spiro atoms. The zero-order chi connectivity index (χ0) is 22.8. The van der Waals surface area contributed by atoms with E-state index in [0.717, 1.165) is 34.2 Å². The smallest absolute Gasteiger partial charge is 0.280 e. The zero-order valence-electron chi connectivity index (χ0n) is 16.7. The van der Waals surface area contributed by atoms with Crippen LogP contribution in [0.15, 0.2) is 35.3 Å². The Bertz CT molecular complexity index is 1280. The molecule has 0 saturated carbocycles. The third kappa shape index (κ3) is 4.29. The van der Waals surface area contributed by atoms with Gasteiger partial charge in [-0.25, -0.2) is 0 Å². The largest absolute Gasteiger partial charge is 0.486 e. The molecule has 0 atom stereocenters. The summed E-state index contributed by atoms with van der Waals surface area (Å²) in [6.07, 6.45) is 1.96. The van der Waals surface area contributed by atoms with Gasteiger partial charge in [0, 0.05) is 36.6 Å². The lowest BCUT2D eigenvalue weighted by molar-refractivity contribution is -0.394. The molecule has 32 heavy (non-hydrogen) atoms. The SMILES string of the molecule is CSCCn1c(=NC(=O)c2cc([N+](=O)[O-])cc([N+](=O)[O-])c2)sc2cc3c(cc21)OCCO3. The van der Waals surface area contributed by atoms with Crippen LogP contribution in [0.5, 0.6) is 11.5 Å². The van der Waals surface area contributed by atoms with Gasteiger partial charge in [0.2, 0.25) is 0 Å². The van der Waals surface area contributed by atoms with Crippen LogP contribution >= 0.6 is 23.1 Å². The van der Waals surface area contributed by atoms with E-state index in [4.69, 9.17) is 9.47 Å². The second kappa shape index (κ2) is 8.96. The van der Waals surface area contributed by atoms with Crippen molar-refractivity contribution in [3.8, 4) is 11.5 Å². The van der Waals surface area contributed by atoms with Crippen molar-refractivity contribution < 1.29 is 24.1 Å². The number of amides is 1. The summed E-state index contributed by atoms with van der Waals surface area (Å²) < 4.78 is 14.0. The highest BCUT2D eigenvalue weighted by atomic mass is 32.2. The van der Waals surface area contributed by atoms with Crippen LogP contribution in [0, 0.1) is 20.2 Å². The first-order chi connectivity index (χ1) is 15.4. The van der Waals surface area contributed by atoms with Crippen LogP contribution in [0.25, 0.3) is 10.2 Å². The third-order valence-corrected chi connectivity index (χ3v) is 6.27. The number of nitro benzene ring substituents is 2. The highest BCUT2D eigenvalue weighted by Crippen LogP contribution is 2.35. The molecule has 0 unspecified atom stereocenters. The molecule has 0 aliphatic carbocycles. The van der Waals surface area contributed by atoms with Crippen molar-refractivity contribution in [2.45, 2.75) is 6.54 Å². The van der Waals surface area contributed by atoms with E-state index < -0.39 is 27.1 Å². The molecular formula is C19H16N4O7S2. The molecule has 11 nitrogen and oxygen atoms in total. The van der Waals surface area contributed by atoms with Gasteiger partial charge in [0.05, 0.1) is 31.7 Å². The van der Waals surface area contributed by atoms with E-state index >= 15 is 0 Å². The fourth-order valence-corrected chi connectivity index (χ4v) is 4.60. The molecule has 1 aromatic heterocycles. The van der Waals surface area contributed by atoms with Crippen LogP contribution < -0.4 is 14.3 Å². The van der Waals surface area contributed by atoms with Gasteiger partial charge < -0.3 is 14.0 Å². The van der Waals surface area contributed by atoms with Crippen LogP contribution in [0.1, 0.15) is 10.4 Å². The maximum Gasteiger partial charge on any atom is 0.280 e. The molecule has 1 amide bonds. The van der Waals surface area contributed by atoms with E-state index in [1.807, 2.05) is 23.0 Å². The number of aromatic nitrogens is 1. The van der Waals surface area contributed by atoms with Gasteiger partial charge in [0.25, 0.3) is 17.3 Å². The average molecular weight is 476 g/mol. The molecule has 166 valence electrons. The molecule has 1 aliphatic heterocycles. The van der Waals surface area contributed by atoms with Crippen molar-refractivity contribution in [2.75, 3.05) is 25.2 Å².